The minimum atomic E-state index is -0.251. The predicted octanol–water partition coefficient (Wildman–Crippen LogP) is 4.32. The first-order valence-corrected chi connectivity index (χ1v) is 10.8. The minimum Gasteiger partial charge on any atom is -0.376 e. The van der Waals surface area contributed by atoms with Gasteiger partial charge in [0.1, 0.15) is 0 Å². The Kier molecular flexibility index (Phi) is 8.18. The summed E-state index contributed by atoms with van der Waals surface area (Å²) in [6, 6.07) is 21.9. The number of carbonyl (C=O) groups excluding carboxylic acids is 3. The smallest absolute Gasteiger partial charge is 0.251 e. The molecule has 3 amide bonds. The maximum atomic E-state index is 12.5. The summed E-state index contributed by atoms with van der Waals surface area (Å²) in [6.45, 7) is 4.13. The zero-order chi connectivity index (χ0) is 23.6. The molecule has 0 aliphatic rings. The van der Waals surface area contributed by atoms with E-state index in [1.165, 1.54) is 0 Å². The zero-order valence-corrected chi connectivity index (χ0v) is 18.8. The van der Waals surface area contributed by atoms with Crippen LogP contribution in [-0.2, 0) is 16.1 Å². The molecule has 7 heteroatoms. The molecule has 170 valence electrons. The van der Waals surface area contributed by atoms with Crippen LogP contribution in [-0.4, -0.2) is 24.3 Å². The van der Waals surface area contributed by atoms with E-state index in [1.807, 2.05) is 55.5 Å². The van der Waals surface area contributed by atoms with Gasteiger partial charge in [-0.2, -0.15) is 0 Å². The molecule has 0 bridgehead atoms. The Hall–Kier alpha value is -4.13. The number of nitrogens with one attached hydrogen (secondary N) is 4. The van der Waals surface area contributed by atoms with Gasteiger partial charge in [0.25, 0.3) is 5.91 Å². The summed E-state index contributed by atoms with van der Waals surface area (Å²) in [5.74, 6) is -0.533. The Morgan fingerprint density at radius 2 is 1.52 bits per heavy atom. The van der Waals surface area contributed by atoms with Crippen molar-refractivity contribution in [3.63, 3.8) is 0 Å². The Labute approximate surface area is 193 Å². The van der Waals surface area contributed by atoms with E-state index in [0.717, 1.165) is 16.8 Å². The van der Waals surface area contributed by atoms with Crippen molar-refractivity contribution in [1.29, 1.82) is 0 Å². The van der Waals surface area contributed by atoms with Gasteiger partial charge >= 0.3 is 0 Å². The molecule has 0 heterocycles. The molecule has 3 aromatic rings. The Balaban J connectivity index is 1.55. The molecule has 3 rings (SSSR count). The fraction of sp³-hybridized carbons (Fsp3) is 0.192. The van der Waals surface area contributed by atoms with E-state index in [2.05, 4.69) is 21.3 Å². The molecule has 0 spiro atoms. The van der Waals surface area contributed by atoms with Crippen LogP contribution in [0, 0.1) is 6.92 Å². The summed E-state index contributed by atoms with van der Waals surface area (Å²) in [5.41, 5.74) is 4.33. The van der Waals surface area contributed by atoms with Crippen LogP contribution in [0.5, 0.6) is 0 Å². The van der Waals surface area contributed by atoms with Crippen molar-refractivity contribution in [2.45, 2.75) is 26.8 Å². The van der Waals surface area contributed by atoms with E-state index in [4.69, 9.17) is 0 Å². The summed E-state index contributed by atoms with van der Waals surface area (Å²) >= 11 is 0. The van der Waals surface area contributed by atoms with Crippen LogP contribution in [0.3, 0.4) is 0 Å². The van der Waals surface area contributed by atoms with Crippen LogP contribution in [0.4, 0.5) is 17.1 Å². The molecular weight excluding hydrogens is 416 g/mol. The molecule has 0 saturated heterocycles. The number of anilines is 3. The highest BCUT2D eigenvalue weighted by atomic mass is 16.2. The lowest BCUT2D eigenvalue weighted by Crippen LogP contribution is -2.24. The molecule has 0 fully saturated rings. The van der Waals surface area contributed by atoms with Crippen LogP contribution in [0.15, 0.2) is 72.8 Å². The van der Waals surface area contributed by atoms with Gasteiger partial charge in [-0.1, -0.05) is 49.4 Å². The van der Waals surface area contributed by atoms with Crippen LogP contribution < -0.4 is 21.3 Å². The lowest BCUT2D eigenvalue weighted by molar-refractivity contribution is -0.116. The van der Waals surface area contributed by atoms with E-state index < -0.39 is 0 Å². The summed E-state index contributed by atoms with van der Waals surface area (Å²) in [5, 5.41) is 11.6. The largest absolute Gasteiger partial charge is 0.376 e. The fourth-order valence-corrected chi connectivity index (χ4v) is 3.20. The van der Waals surface area contributed by atoms with E-state index in [1.54, 1.807) is 31.2 Å². The molecule has 0 aliphatic carbocycles. The predicted molar refractivity (Wildman–Crippen MR) is 131 cm³/mol. The normalized spacial score (nSPS) is 10.2. The number of amides is 3. The minimum absolute atomic E-state index is 0.0381. The third kappa shape index (κ3) is 6.93. The van der Waals surface area contributed by atoms with Crippen LogP contribution in [0.1, 0.15) is 34.8 Å². The Morgan fingerprint density at radius 1 is 0.788 bits per heavy atom. The third-order valence-electron chi connectivity index (χ3n) is 5.07. The molecule has 33 heavy (non-hydrogen) atoms. The van der Waals surface area contributed by atoms with Crippen molar-refractivity contribution in [2.24, 2.45) is 0 Å². The third-order valence-corrected chi connectivity index (χ3v) is 5.07. The van der Waals surface area contributed by atoms with Gasteiger partial charge in [-0.05, 0) is 48.4 Å². The number of hydrogen-bond donors (Lipinski definition) is 4. The van der Waals surface area contributed by atoms with Crippen molar-refractivity contribution in [3.05, 3.63) is 89.5 Å². The highest BCUT2D eigenvalue weighted by Gasteiger charge is 2.10. The second kappa shape index (κ2) is 11.5. The van der Waals surface area contributed by atoms with Crippen molar-refractivity contribution in [3.8, 4) is 0 Å². The van der Waals surface area contributed by atoms with Crippen LogP contribution in [0.25, 0.3) is 0 Å². The average molecular weight is 445 g/mol. The Bertz CT molecular complexity index is 1130. The molecule has 7 nitrogen and oxygen atoms in total. The second-order valence-corrected chi connectivity index (χ2v) is 7.53. The maximum absolute atomic E-state index is 12.5. The van der Waals surface area contributed by atoms with Crippen LogP contribution >= 0.6 is 0 Å². The first kappa shape index (κ1) is 23.5. The topological polar surface area (TPSA) is 99.3 Å². The van der Waals surface area contributed by atoms with Gasteiger partial charge in [0, 0.05) is 35.6 Å². The van der Waals surface area contributed by atoms with Gasteiger partial charge in [0.15, 0.2) is 0 Å². The van der Waals surface area contributed by atoms with Gasteiger partial charge in [-0.25, -0.2) is 0 Å². The molecule has 0 unspecified atom stereocenters. The highest BCUT2D eigenvalue weighted by Crippen LogP contribution is 2.23. The molecule has 0 saturated carbocycles. The molecule has 0 aliphatic heterocycles. The quantitative estimate of drug-likeness (QED) is 0.395. The molecule has 0 radical (unpaired) electrons. The van der Waals surface area contributed by atoms with Gasteiger partial charge in [-0.3, -0.25) is 14.4 Å². The van der Waals surface area contributed by atoms with Crippen molar-refractivity contribution in [2.75, 3.05) is 22.5 Å². The average Bonchev–Trinajstić information content (AvgIpc) is 2.83. The maximum Gasteiger partial charge on any atom is 0.251 e. The van der Waals surface area contributed by atoms with E-state index in [0.29, 0.717) is 29.9 Å². The van der Waals surface area contributed by atoms with E-state index in [-0.39, 0.29) is 24.3 Å². The van der Waals surface area contributed by atoms with E-state index >= 15 is 0 Å². The molecule has 4 N–H and O–H groups in total. The summed E-state index contributed by atoms with van der Waals surface area (Å²) in [6.07, 6.45) is 0.392. The van der Waals surface area contributed by atoms with Crippen molar-refractivity contribution >= 4 is 34.8 Å². The first-order chi connectivity index (χ1) is 16.0. The van der Waals surface area contributed by atoms with Crippen molar-refractivity contribution in [1.82, 2.24) is 5.32 Å². The first-order valence-electron chi connectivity index (χ1n) is 10.8. The number of carbonyl (C=O) groups is 3. The van der Waals surface area contributed by atoms with Gasteiger partial charge in [-0.15, -0.1) is 0 Å². The van der Waals surface area contributed by atoms with Gasteiger partial charge < -0.3 is 21.3 Å². The van der Waals surface area contributed by atoms with Gasteiger partial charge in [0.2, 0.25) is 11.8 Å². The lowest BCUT2D eigenvalue weighted by Gasteiger charge is -2.14. The molecular formula is C26H28N4O3. The molecule has 0 aromatic heterocycles. The van der Waals surface area contributed by atoms with Gasteiger partial charge in [0.05, 0.1) is 6.54 Å². The number of benzene rings is 3. The second-order valence-electron chi connectivity index (χ2n) is 7.53. The molecule has 3 aromatic carbocycles. The zero-order valence-electron chi connectivity index (χ0n) is 18.8. The van der Waals surface area contributed by atoms with Crippen molar-refractivity contribution < 1.29 is 14.4 Å². The summed E-state index contributed by atoms with van der Waals surface area (Å²) < 4.78 is 0. The van der Waals surface area contributed by atoms with Crippen LogP contribution in [0.2, 0.25) is 0 Å². The fourth-order valence-electron chi connectivity index (χ4n) is 3.20. The van der Waals surface area contributed by atoms with E-state index in [9.17, 15) is 14.4 Å². The number of hydrogen-bond acceptors (Lipinski definition) is 4. The standard InChI is InChI=1S/C26H28N4O3/c1-3-24(31)30-23-14-8-13-22(18(23)2)27-17-25(32)29-21-12-7-11-20(15-21)26(33)28-16-19-9-5-4-6-10-19/h4-15,27H,3,16-17H2,1-2H3,(H,28,33)(H,29,32)(H,30,31). The monoisotopic (exact) mass is 444 g/mol. The number of rotatable bonds is 9. The summed E-state index contributed by atoms with van der Waals surface area (Å²) in [7, 11) is 0. The lowest BCUT2D eigenvalue weighted by atomic mass is 10.1. The Morgan fingerprint density at radius 3 is 2.27 bits per heavy atom. The summed E-state index contributed by atoms with van der Waals surface area (Å²) in [4.78, 5) is 36.6. The molecule has 0 atom stereocenters. The SMILES string of the molecule is CCC(=O)Nc1cccc(NCC(=O)Nc2cccc(C(=O)NCc3ccccc3)c2)c1C. The highest BCUT2D eigenvalue weighted by molar-refractivity contribution is 5.98.